The fourth-order valence-electron chi connectivity index (χ4n) is 2.70. The van der Waals surface area contributed by atoms with E-state index in [0.29, 0.717) is 17.1 Å². The SMILES string of the molecule is COc1ccc(OC)c(C(O)CNC(=O)C(C)C(N)c2ccccc2)c1.Cl. The molecule has 0 aromatic heterocycles. The molecule has 0 heterocycles. The summed E-state index contributed by atoms with van der Waals surface area (Å²) < 4.78 is 10.4. The van der Waals surface area contributed by atoms with E-state index in [1.54, 1.807) is 32.2 Å². The zero-order valence-corrected chi connectivity index (χ0v) is 16.5. The number of rotatable bonds is 8. The number of methoxy groups -OCH3 is 2. The topological polar surface area (TPSA) is 93.8 Å². The highest BCUT2D eigenvalue weighted by molar-refractivity contribution is 5.85. The molecular formula is C20H27ClN2O4. The average Bonchev–Trinajstić information content (AvgIpc) is 2.70. The third kappa shape index (κ3) is 5.85. The Bertz CT molecular complexity index is 727. The Balaban J connectivity index is 0.00000364. The van der Waals surface area contributed by atoms with Gasteiger partial charge in [-0.25, -0.2) is 0 Å². The number of aliphatic hydroxyl groups is 1. The van der Waals surface area contributed by atoms with Gasteiger partial charge >= 0.3 is 0 Å². The van der Waals surface area contributed by atoms with Gasteiger partial charge in [0.2, 0.25) is 5.91 Å². The van der Waals surface area contributed by atoms with Crippen LogP contribution in [0, 0.1) is 5.92 Å². The Morgan fingerprint density at radius 3 is 2.41 bits per heavy atom. The van der Waals surface area contributed by atoms with Crippen LogP contribution in [0.1, 0.15) is 30.2 Å². The van der Waals surface area contributed by atoms with Crippen LogP contribution in [0.4, 0.5) is 0 Å². The minimum Gasteiger partial charge on any atom is -0.497 e. The van der Waals surface area contributed by atoms with Crippen molar-refractivity contribution in [1.82, 2.24) is 5.32 Å². The standard InChI is InChI=1S/C20H26N2O4.ClH/c1-13(19(21)14-7-5-4-6-8-14)20(24)22-12-17(23)16-11-15(25-2)9-10-18(16)26-3;/h4-11,13,17,19,23H,12,21H2,1-3H3,(H,22,24);1H. The van der Waals surface area contributed by atoms with Gasteiger partial charge in [-0.3, -0.25) is 4.79 Å². The summed E-state index contributed by atoms with van der Waals surface area (Å²) in [6.45, 7) is 1.82. The van der Waals surface area contributed by atoms with E-state index >= 15 is 0 Å². The number of amides is 1. The molecule has 1 amide bonds. The lowest BCUT2D eigenvalue weighted by Crippen LogP contribution is -2.37. The van der Waals surface area contributed by atoms with Gasteiger partial charge in [-0.2, -0.15) is 0 Å². The number of carbonyl (C=O) groups is 1. The zero-order valence-electron chi connectivity index (χ0n) is 15.7. The summed E-state index contributed by atoms with van der Waals surface area (Å²) in [5.41, 5.74) is 7.62. The lowest BCUT2D eigenvalue weighted by atomic mass is 9.94. The summed E-state index contributed by atoms with van der Waals surface area (Å²) in [4.78, 5) is 12.4. The normalized spacial score (nSPS) is 13.7. The molecule has 0 aliphatic heterocycles. The molecule has 2 aromatic carbocycles. The predicted molar refractivity (Wildman–Crippen MR) is 107 cm³/mol. The van der Waals surface area contributed by atoms with Crippen LogP contribution in [0.5, 0.6) is 11.5 Å². The molecule has 0 aliphatic carbocycles. The van der Waals surface area contributed by atoms with Crippen LogP contribution in [-0.2, 0) is 4.79 Å². The van der Waals surface area contributed by atoms with Gasteiger partial charge in [0.15, 0.2) is 0 Å². The molecule has 4 N–H and O–H groups in total. The number of hydrogen-bond donors (Lipinski definition) is 3. The fraction of sp³-hybridized carbons (Fsp3) is 0.350. The molecule has 2 aromatic rings. The number of benzene rings is 2. The summed E-state index contributed by atoms with van der Waals surface area (Å²) in [6.07, 6.45) is -0.927. The molecule has 6 nitrogen and oxygen atoms in total. The Labute approximate surface area is 166 Å². The number of nitrogens with two attached hydrogens (primary N) is 1. The highest BCUT2D eigenvalue weighted by Crippen LogP contribution is 2.29. The maximum atomic E-state index is 12.4. The molecule has 2 rings (SSSR count). The molecule has 27 heavy (non-hydrogen) atoms. The molecule has 0 saturated heterocycles. The van der Waals surface area contributed by atoms with Crippen LogP contribution in [0.25, 0.3) is 0 Å². The van der Waals surface area contributed by atoms with Crippen LogP contribution in [0.15, 0.2) is 48.5 Å². The van der Waals surface area contributed by atoms with Crippen molar-refractivity contribution in [2.24, 2.45) is 11.7 Å². The van der Waals surface area contributed by atoms with E-state index in [-0.39, 0.29) is 24.9 Å². The van der Waals surface area contributed by atoms with Gasteiger partial charge in [0.25, 0.3) is 0 Å². The van der Waals surface area contributed by atoms with Crippen molar-refractivity contribution in [3.8, 4) is 11.5 Å². The van der Waals surface area contributed by atoms with Gasteiger partial charge in [0.05, 0.1) is 26.2 Å². The maximum Gasteiger partial charge on any atom is 0.224 e. The monoisotopic (exact) mass is 394 g/mol. The van der Waals surface area contributed by atoms with Crippen molar-refractivity contribution in [3.63, 3.8) is 0 Å². The van der Waals surface area contributed by atoms with Crippen LogP contribution in [0.3, 0.4) is 0 Å². The zero-order chi connectivity index (χ0) is 19.1. The molecule has 0 radical (unpaired) electrons. The van der Waals surface area contributed by atoms with Crippen molar-refractivity contribution >= 4 is 18.3 Å². The van der Waals surface area contributed by atoms with Gasteiger partial charge in [-0.15, -0.1) is 12.4 Å². The number of ether oxygens (including phenoxy) is 2. The predicted octanol–water partition coefficient (Wildman–Crippen LogP) is 2.61. The van der Waals surface area contributed by atoms with E-state index in [1.165, 1.54) is 7.11 Å². The van der Waals surface area contributed by atoms with Gasteiger partial charge in [-0.05, 0) is 23.8 Å². The largest absolute Gasteiger partial charge is 0.497 e. The Morgan fingerprint density at radius 1 is 1.15 bits per heavy atom. The Kier molecular flexibility index (Phi) is 9.08. The van der Waals surface area contributed by atoms with Crippen molar-refractivity contribution in [1.29, 1.82) is 0 Å². The summed E-state index contributed by atoms with van der Waals surface area (Å²) in [5.74, 6) is 0.478. The first-order valence-corrected chi connectivity index (χ1v) is 8.46. The minimum absolute atomic E-state index is 0. The average molecular weight is 395 g/mol. The quantitative estimate of drug-likeness (QED) is 0.639. The second kappa shape index (κ2) is 10.8. The number of nitrogens with one attached hydrogen (secondary N) is 1. The van der Waals surface area contributed by atoms with Gasteiger partial charge in [0, 0.05) is 18.2 Å². The third-order valence-electron chi connectivity index (χ3n) is 4.40. The van der Waals surface area contributed by atoms with Gasteiger partial charge in [-0.1, -0.05) is 37.3 Å². The van der Waals surface area contributed by atoms with E-state index in [9.17, 15) is 9.90 Å². The minimum atomic E-state index is -0.927. The molecule has 0 bridgehead atoms. The van der Waals surface area contributed by atoms with E-state index < -0.39 is 18.1 Å². The molecule has 0 saturated carbocycles. The highest BCUT2D eigenvalue weighted by atomic mass is 35.5. The molecule has 3 atom stereocenters. The molecule has 0 fully saturated rings. The van der Waals surface area contributed by atoms with Gasteiger partial charge in [0.1, 0.15) is 11.5 Å². The number of carbonyl (C=O) groups excluding carboxylic acids is 1. The van der Waals surface area contributed by atoms with Crippen LogP contribution in [-0.4, -0.2) is 31.8 Å². The molecule has 7 heteroatoms. The second-order valence-electron chi connectivity index (χ2n) is 6.09. The number of hydrogen-bond acceptors (Lipinski definition) is 5. The summed E-state index contributed by atoms with van der Waals surface area (Å²) in [7, 11) is 3.07. The van der Waals surface area contributed by atoms with Crippen LogP contribution < -0.4 is 20.5 Å². The molecule has 3 unspecified atom stereocenters. The first kappa shape index (κ1) is 22.8. The van der Waals surface area contributed by atoms with Crippen molar-refractivity contribution in [2.75, 3.05) is 20.8 Å². The highest BCUT2D eigenvalue weighted by Gasteiger charge is 2.23. The van der Waals surface area contributed by atoms with Crippen LogP contribution >= 0.6 is 12.4 Å². The summed E-state index contributed by atoms with van der Waals surface area (Å²) >= 11 is 0. The van der Waals surface area contributed by atoms with Gasteiger partial charge < -0.3 is 25.6 Å². The van der Waals surface area contributed by atoms with Crippen molar-refractivity contribution < 1.29 is 19.4 Å². The number of aliphatic hydroxyl groups excluding tert-OH is 1. The summed E-state index contributed by atoms with van der Waals surface area (Å²) in [5, 5.41) is 13.2. The maximum absolute atomic E-state index is 12.4. The van der Waals surface area contributed by atoms with E-state index in [2.05, 4.69) is 5.32 Å². The van der Waals surface area contributed by atoms with E-state index in [4.69, 9.17) is 15.2 Å². The number of halogens is 1. The fourth-order valence-corrected chi connectivity index (χ4v) is 2.70. The Hall–Kier alpha value is -2.28. The Morgan fingerprint density at radius 2 is 1.81 bits per heavy atom. The molecular weight excluding hydrogens is 368 g/mol. The summed E-state index contributed by atoms with van der Waals surface area (Å²) in [6, 6.07) is 14.2. The van der Waals surface area contributed by atoms with Crippen molar-refractivity contribution in [3.05, 3.63) is 59.7 Å². The van der Waals surface area contributed by atoms with E-state index in [0.717, 1.165) is 5.56 Å². The lowest BCUT2D eigenvalue weighted by molar-refractivity contribution is -0.125. The molecule has 0 aliphatic rings. The first-order chi connectivity index (χ1) is 12.5. The lowest BCUT2D eigenvalue weighted by Gasteiger charge is -2.21. The molecule has 148 valence electrons. The second-order valence-corrected chi connectivity index (χ2v) is 6.09. The smallest absolute Gasteiger partial charge is 0.224 e. The first-order valence-electron chi connectivity index (χ1n) is 8.46. The van der Waals surface area contributed by atoms with Crippen LogP contribution in [0.2, 0.25) is 0 Å². The third-order valence-corrected chi connectivity index (χ3v) is 4.40. The molecule has 0 spiro atoms. The van der Waals surface area contributed by atoms with Crippen molar-refractivity contribution in [2.45, 2.75) is 19.1 Å². The van der Waals surface area contributed by atoms with E-state index in [1.807, 2.05) is 30.3 Å².